The van der Waals surface area contributed by atoms with Gasteiger partial charge in [0.05, 0.1) is 11.4 Å². The molecule has 0 unspecified atom stereocenters. The summed E-state index contributed by atoms with van der Waals surface area (Å²) in [6.45, 7) is 2.83. The second kappa shape index (κ2) is 6.45. The number of ether oxygens (including phenoxy) is 2. The highest BCUT2D eigenvalue weighted by Gasteiger charge is 2.39. The van der Waals surface area contributed by atoms with Crippen molar-refractivity contribution >= 4 is 17.6 Å². The van der Waals surface area contributed by atoms with Crippen LogP contribution in [0.3, 0.4) is 0 Å². The number of cyclic esters (lactones) is 2. The van der Waals surface area contributed by atoms with Crippen LogP contribution in [0.5, 0.6) is 0 Å². The van der Waals surface area contributed by atoms with E-state index in [9.17, 15) is 22.8 Å². The number of benzene rings is 1. The third kappa shape index (κ3) is 3.94. The van der Waals surface area contributed by atoms with E-state index >= 15 is 0 Å². The predicted octanol–water partition coefficient (Wildman–Crippen LogP) is 3.02. The van der Waals surface area contributed by atoms with E-state index in [1.54, 1.807) is 18.2 Å². The van der Waals surface area contributed by atoms with E-state index in [-0.39, 0.29) is 11.3 Å². The van der Waals surface area contributed by atoms with E-state index < -0.39 is 29.6 Å². The molecular formula is C17H14F3N3O4. The molecule has 1 aromatic heterocycles. The maximum atomic E-state index is 12.8. The Balaban J connectivity index is 1.88. The van der Waals surface area contributed by atoms with Crippen molar-refractivity contribution in [2.24, 2.45) is 0 Å². The lowest BCUT2D eigenvalue weighted by Gasteiger charge is -2.29. The minimum Gasteiger partial charge on any atom is -0.419 e. The monoisotopic (exact) mass is 381 g/mol. The van der Waals surface area contributed by atoms with Crippen LogP contribution in [0.15, 0.2) is 48.3 Å². The van der Waals surface area contributed by atoms with E-state index in [4.69, 9.17) is 9.47 Å². The van der Waals surface area contributed by atoms with Gasteiger partial charge in [0.15, 0.2) is 11.3 Å². The number of carbonyl (C=O) groups is 2. The summed E-state index contributed by atoms with van der Waals surface area (Å²) in [7, 11) is 0. The van der Waals surface area contributed by atoms with Gasteiger partial charge in [-0.05, 0) is 18.2 Å². The third-order valence-corrected chi connectivity index (χ3v) is 3.52. The van der Waals surface area contributed by atoms with Crippen LogP contribution in [0.4, 0.5) is 18.9 Å². The fourth-order valence-electron chi connectivity index (χ4n) is 2.33. The van der Waals surface area contributed by atoms with Crippen molar-refractivity contribution in [1.29, 1.82) is 0 Å². The second-order valence-electron chi connectivity index (χ2n) is 6.04. The van der Waals surface area contributed by atoms with Crippen molar-refractivity contribution in [2.45, 2.75) is 25.8 Å². The average Bonchev–Trinajstić information content (AvgIpc) is 3.03. The van der Waals surface area contributed by atoms with Gasteiger partial charge in [-0.2, -0.15) is 18.3 Å². The summed E-state index contributed by atoms with van der Waals surface area (Å²) >= 11 is 0. The molecule has 1 aliphatic heterocycles. The Kier molecular flexibility index (Phi) is 4.42. The van der Waals surface area contributed by atoms with E-state index in [2.05, 4.69) is 10.4 Å². The van der Waals surface area contributed by atoms with Crippen LogP contribution < -0.4 is 5.32 Å². The Morgan fingerprint density at radius 1 is 1.11 bits per heavy atom. The van der Waals surface area contributed by atoms with Crippen molar-refractivity contribution < 1.29 is 32.2 Å². The summed E-state index contributed by atoms with van der Waals surface area (Å²) in [5.74, 6) is -3.12. The maximum absolute atomic E-state index is 12.8. The number of hydrogen-bond acceptors (Lipinski definition) is 6. The minimum atomic E-state index is -4.57. The molecular weight excluding hydrogens is 367 g/mol. The third-order valence-electron chi connectivity index (χ3n) is 3.52. The molecule has 1 aromatic carbocycles. The molecule has 1 saturated heterocycles. The van der Waals surface area contributed by atoms with Gasteiger partial charge in [-0.3, -0.25) is 0 Å². The second-order valence-corrected chi connectivity index (χ2v) is 6.04. The van der Waals surface area contributed by atoms with Gasteiger partial charge in [0, 0.05) is 26.2 Å². The molecule has 0 aliphatic carbocycles. The lowest BCUT2D eigenvalue weighted by Crippen LogP contribution is -2.42. The zero-order valence-electron chi connectivity index (χ0n) is 14.2. The Labute approximate surface area is 151 Å². The largest absolute Gasteiger partial charge is 0.435 e. The first-order chi connectivity index (χ1) is 12.6. The highest BCUT2D eigenvalue weighted by Crippen LogP contribution is 2.29. The number of para-hydroxylation sites is 2. The molecule has 1 N–H and O–H groups in total. The van der Waals surface area contributed by atoms with Crippen LogP contribution in [-0.2, 0) is 25.2 Å². The average molecular weight is 381 g/mol. The van der Waals surface area contributed by atoms with Gasteiger partial charge >= 0.3 is 18.1 Å². The zero-order chi connectivity index (χ0) is 19.8. The molecule has 0 bridgehead atoms. The molecule has 10 heteroatoms. The topological polar surface area (TPSA) is 82.5 Å². The van der Waals surface area contributed by atoms with Crippen molar-refractivity contribution in [2.75, 3.05) is 5.32 Å². The zero-order valence-corrected chi connectivity index (χ0v) is 14.2. The van der Waals surface area contributed by atoms with E-state index in [0.29, 0.717) is 5.69 Å². The number of esters is 2. The predicted molar refractivity (Wildman–Crippen MR) is 86.5 cm³/mol. The summed E-state index contributed by atoms with van der Waals surface area (Å²) in [5, 5.41) is 6.22. The number of halogens is 3. The number of carbonyl (C=O) groups excluding carboxylic acids is 2. The van der Waals surface area contributed by atoms with Gasteiger partial charge in [0.2, 0.25) is 0 Å². The lowest BCUT2D eigenvalue weighted by atomic mass is 10.2. The molecule has 1 fully saturated rings. The first kappa shape index (κ1) is 18.5. The Morgan fingerprint density at radius 3 is 2.33 bits per heavy atom. The summed E-state index contributed by atoms with van der Waals surface area (Å²) in [4.78, 5) is 23.9. The smallest absolute Gasteiger partial charge is 0.419 e. The molecule has 7 nitrogen and oxygen atoms in total. The van der Waals surface area contributed by atoms with Gasteiger partial charge in [-0.25, -0.2) is 14.3 Å². The fourth-order valence-corrected chi connectivity index (χ4v) is 2.33. The highest BCUT2D eigenvalue weighted by atomic mass is 19.4. The molecule has 0 amide bonds. The molecule has 0 spiro atoms. The SMILES string of the molecule is CC1(C)OC(=O)C(=CNc2ccccc2-n2ccc(C(F)(F)F)n2)C(=O)O1. The number of rotatable bonds is 3. The lowest BCUT2D eigenvalue weighted by molar-refractivity contribution is -0.222. The Hall–Kier alpha value is -3.30. The van der Waals surface area contributed by atoms with Crippen LogP contribution in [0.25, 0.3) is 5.69 Å². The Bertz CT molecular complexity index is 910. The summed E-state index contributed by atoms with van der Waals surface area (Å²) in [5.41, 5.74) is -0.826. The van der Waals surface area contributed by atoms with Gasteiger partial charge in [0.1, 0.15) is 0 Å². The fraction of sp³-hybridized carbons (Fsp3) is 0.235. The van der Waals surface area contributed by atoms with Crippen molar-refractivity contribution in [3.8, 4) is 5.69 Å². The quantitative estimate of drug-likeness (QED) is 0.500. The molecule has 142 valence electrons. The maximum Gasteiger partial charge on any atom is 0.435 e. The number of hydrogen-bond donors (Lipinski definition) is 1. The van der Waals surface area contributed by atoms with Crippen molar-refractivity contribution in [3.05, 3.63) is 54.0 Å². The molecule has 1 aliphatic rings. The molecule has 3 rings (SSSR count). The molecule has 0 atom stereocenters. The number of nitrogens with zero attached hydrogens (tertiary/aromatic N) is 2. The first-order valence-corrected chi connectivity index (χ1v) is 7.72. The van der Waals surface area contributed by atoms with Crippen LogP contribution in [-0.4, -0.2) is 27.5 Å². The van der Waals surface area contributed by atoms with Gasteiger partial charge in [-0.15, -0.1) is 0 Å². The van der Waals surface area contributed by atoms with E-state index in [1.807, 2.05) is 0 Å². The molecule has 2 aromatic rings. The number of anilines is 1. The standard InChI is InChI=1S/C17H14F3N3O4/c1-16(2)26-14(24)10(15(25)27-16)9-21-11-5-3-4-6-12(11)23-8-7-13(22-23)17(18,19)20/h3-9,21H,1-2H3. The van der Waals surface area contributed by atoms with Crippen LogP contribution in [0, 0.1) is 0 Å². The first-order valence-electron chi connectivity index (χ1n) is 7.72. The van der Waals surface area contributed by atoms with Crippen LogP contribution >= 0.6 is 0 Å². The normalized spacial score (nSPS) is 16.6. The number of aromatic nitrogens is 2. The van der Waals surface area contributed by atoms with Gasteiger partial charge in [-0.1, -0.05) is 12.1 Å². The van der Waals surface area contributed by atoms with Gasteiger partial charge < -0.3 is 14.8 Å². The van der Waals surface area contributed by atoms with Crippen molar-refractivity contribution in [3.63, 3.8) is 0 Å². The van der Waals surface area contributed by atoms with E-state index in [1.165, 1.54) is 19.9 Å². The molecule has 27 heavy (non-hydrogen) atoms. The van der Waals surface area contributed by atoms with Crippen LogP contribution in [0.1, 0.15) is 19.5 Å². The highest BCUT2D eigenvalue weighted by molar-refractivity contribution is 6.15. The number of nitrogens with one attached hydrogen (secondary N) is 1. The van der Waals surface area contributed by atoms with Gasteiger partial charge in [0.25, 0.3) is 5.79 Å². The minimum absolute atomic E-state index is 0.280. The van der Waals surface area contributed by atoms with Crippen molar-refractivity contribution in [1.82, 2.24) is 9.78 Å². The summed E-state index contributed by atoms with van der Waals surface area (Å²) < 4.78 is 49.2. The molecule has 0 saturated carbocycles. The Morgan fingerprint density at radius 2 is 1.74 bits per heavy atom. The molecule has 0 radical (unpaired) electrons. The van der Waals surface area contributed by atoms with Crippen LogP contribution in [0.2, 0.25) is 0 Å². The molecule has 2 heterocycles. The number of alkyl halides is 3. The van der Waals surface area contributed by atoms with E-state index in [0.717, 1.165) is 23.1 Å². The summed E-state index contributed by atoms with van der Waals surface area (Å²) in [6.07, 6.45) is -2.34. The summed E-state index contributed by atoms with van der Waals surface area (Å²) in [6, 6.07) is 7.14.